The fourth-order valence-corrected chi connectivity index (χ4v) is 3.35. The van der Waals surface area contributed by atoms with Crippen LogP contribution in [-0.4, -0.2) is 27.3 Å². The Labute approximate surface area is 145 Å². The molecule has 1 aromatic heterocycles. The van der Waals surface area contributed by atoms with Gasteiger partial charge in [0.15, 0.2) is 0 Å². The molecule has 0 aliphatic carbocycles. The molecule has 1 amide bonds. The van der Waals surface area contributed by atoms with Gasteiger partial charge in [-0.15, -0.1) is 0 Å². The molecule has 2 aromatic carbocycles. The van der Waals surface area contributed by atoms with Crippen molar-refractivity contribution < 1.29 is 4.79 Å². The van der Waals surface area contributed by atoms with Gasteiger partial charge >= 0.3 is 0 Å². The maximum absolute atomic E-state index is 12.5. The van der Waals surface area contributed by atoms with Crippen molar-refractivity contribution in [1.82, 2.24) is 14.9 Å². The van der Waals surface area contributed by atoms with Gasteiger partial charge in [0.25, 0.3) is 5.56 Å². The van der Waals surface area contributed by atoms with Gasteiger partial charge in [0.1, 0.15) is 5.82 Å². The molecule has 5 heteroatoms. The minimum atomic E-state index is -0.153. The van der Waals surface area contributed by atoms with Gasteiger partial charge in [0.2, 0.25) is 5.91 Å². The Morgan fingerprint density at radius 3 is 2.72 bits per heavy atom. The zero-order valence-electron chi connectivity index (χ0n) is 13.9. The first-order chi connectivity index (χ1) is 12.2. The molecule has 0 atom stereocenters. The number of nitrogens with zero attached hydrogens (tertiary/aromatic N) is 2. The molecule has 0 radical (unpaired) electrons. The molecular formula is C20H19N3O2. The maximum Gasteiger partial charge on any atom is 0.258 e. The van der Waals surface area contributed by atoms with Gasteiger partial charge in [-0.3, -0.25) is 9.59 Å². The van der Waals surface area contributed by atoms with Crippen LogP contribution in [0.25, 0.3) is 10.9 Å². The Kier molecular flexibility index (Phi) is 4.06. The summed E-state index contributed by atoms with van der Waals surface area (Å²) < 4.78 is 0. The van der Waals surface area contributed by atoms with Crippen LogP contribution in [0.3, 0.4) is 0 Å². The number of carbonyl (C=O) groups is 1. The van der Waals surface area contributed by atoms with Crippen molar-refractivity contribution in [2.45, 2.75) is 25.8 Å². The molecule has 3 aromatic rings. The predicted molar refractivity (Wildman–Crippen MR) is 96.2 cm³/mol. The summed E-state index contributed by atoms with van der Waals surface area (Å²) in [6, 6.07) is 15.5. The maximum atomic E-state index is 12.5. The number of amides is 1. The Balaban J connectivity index is 1.45. The van der Waals surface area contributed by atoms with Gasteiger partial charge in [-0.1, -0.05) is 36.4 Å². The Bertz CT molecular complexity index is 993. The van der Waals surface area contributed by atoms with Crippen LogP contribution in [0.2, 0.25) is 0 Å². The van der Waals surface area contributed by atoms with Gasteiger partial charge in [-0.25, -0.2) is 4.98 Å². The highest BCUT2D eigenvalue weighted by molar-refractivity contribution is 5.78. The van der Waals surface area contributed by atoms with Crippen LogP contribution in [0, 0.1) is 0 Å². The molecule has 1 N–H and O–H groups in total. The minimum absolute atomic E-state index is 0.102. The summed E-state index contributed by atoms with van der Waals surface area (Å²) in [6.45, 7) is 1.41. The van der Waals surface area contributed by atoms with E-state index in [1.54, 1.807) is 6.07 Å². The van der Waals surface area contributed by atoms with Crippen LogP contribution in [0.4, 0.5) is 0 Å². The van der Waals surface area contributed by atoms with E-state index in [4.69, 9.17) is 0 Å². The first-order valence-electron chi connectivity index (χ1n) is 8.53. The molecular weight excluding hydrogens is 314 g/mol. The second kappa shape index (κ2) is 6.51. The van der Waals surface area contributed by atoms with Crippen LogP contribution in [0.1, 0.15) is 23.4 Å². The van der Waals surface area contributed by atoms with Crippen molar-refractivity contribution in [3.8, 4) is 0 Å². The number of aromatic nitrogens is 2. The molecule has 5 nitrogen and oxygen atoms in total. The van der Waals surface area contributed by atoms with Crippen LogP contribution >= 0.6 is 0 Å². The highest BCUT2D eigenvalue weighted by Gasteiger charge is 2.20. The Morgan fingerprint density at radius 2 is 1.84 bits per heavy atom. The van der Waals surface area contributed by atoms with Gasteiger partial charge in [0.05, 0.1) is 10.9 Å². The minimum Gasteiger partial charge on any atom is -0.338 e. The second-order valence-electron chi connectivity index (χ2n) is 6.36. The van der Waals surface area contributed by atoms with Crippen molar-refractivity contribution >= 4 is 16.8 Å². The molecule has 1 aliphatic rings. The lowest BCUT2D eigenvalue weighted by atomic mass is 9.99. The zero-order chi connectivity index (χ0) is 17.2. The van der Waals surface area contributed by atoms with E-state index in [-0.39, 0.29) is 11.5 Å². The van der Waals surface area contributed by atoms with Gasteiger partial charge in [-0.05, 0) is 29.7 Å². The third kappa shape index (κ3) is 3.18. The summed E-state index contributed by atoms with van der Waals surface area (Å²) in [6.07, 6.45) is 1.69. The van der Waals surface area contributed by atoms with Crippen molar-refractivity contribution in [2.75, 3.05) is 6.54 Å². The summed E-state index contributed by atoms with van der Waals surface area (Å²) in [7, 11) is 0. The number of nitrogens with one attached hydrogen (secondary N) is 1. The standard InChI is InChI=1S/C20H19N3O2/c24-19(23-12-11-14-5-1-2-6-15(14)13-23)10-9-18-21-17-8-4-3-7-16(17)20(25)22-18/h1-8H,9-13H2,(H,21,22,25). The summed E-state index contributed by atoms with van der Waals surface area (Å²) in [5.41, 5.74) is 3.06. The van der Waals surface area contributed by atoms with E-state index in [0.29, 0.717) is 36.1 Å². The molecule has 0 saturated carbocycles. The van der Waals surface area contributed by atoms with E-state index in [1.807, 2.05) is 35.2 Å². The molecule has 4 rings (SSSR count). The van der Waals surface area contributed by atoms with E-state index >= 15 is 0 Å². The van der Waals surface area contributed by atoms with Crippen LogP contribution in [0.5, 0.6) is 0 Å². The number of benzene rings is 2. The SMILES string of the molecule is O=C(CCc1nc2ccccc2c(=O)[nH]1)N1CCc2ccccc2C1. The van der Waals surface area contributed by atoms with E-state index in [9.17, 15) is 9.59 Å². The second-order valence-corrected chi connectivity index (χ2v) is 6.36. The van der Waals surface area contributed by atoms with E-state index in [1.165, 1.54) is 11.1 Å². The van der Waals surface area contributed by atoms with E-state index in [2.05, 4.69) is 22.1 Å². The highest BCUT2D eigenvalue weighted by atomic mass is 16.2. The third-order valence-electron chi connectivity index (χ3n) is 4.72. The van der Waals surface area contributed by atoms with Crippen molar-refractivity contribution in [1.29, 1.82) is 0 Å². The lowest BCUT2D eigenvalue weighted by Gasteiger charge is -2.28. The average Bonchev–Trinajstić information content (AvgIpc) is 2.66. The fraction of sp³-hybridized carbons (Fsp3) is 0.250. The summed E-state index contributed by atoms with van der Waals surface area (Å²) in [4.78, 5) is 33.8. The van der Waals surface area contributed by atoms with Crippen LogP contribution < -0.4 is 5.56 Å². The lowest BCUT2D eigenvalue weighted by Crippen LogP contribution is -2.36. The van der Waals surface area contributed by atoms with Crippen LogP contribution in [-0.2, 0) is 24.2 Å². The molecule has 25 heavy (non-hydrogen) atoms. The quantitative estimate of drug-likeness (QED) is 0.800. The molecule has 126 valence electrons. The summed E-state index contributed by atoms with van der Waals surface area (Å²) >= 11 is 0. The number of rotatable bonds is 3. The van der Waals surface area contributed by atoms with Gasteiger partial charge < -0.3 is 9.88 Å². The van der Waals surface area contributed by atoms with Crippen molar-refractivity contribution in [3.05, 3.63) is 75.8 Å². The Hall–Kier alpha value is -2.95. The molecule has 0 fully saturated rings. The molecule has 1 aliphatic heterocycles. The lowest BCUT2D eigenvalue weighted by molar-refractivity contribution is -0.132. The molecule has 0 spiro atoms. The summed E-state index contributed by atoms with van der Waals surface area (Å²) in [5, 5.41) is 0.574. The third-order valence-corrected chi connectivity index (χ3v) is 4.72. The van der Waals surface area contributed by atoms with Crippen LogP contribution in [0.15, 0.2) is 53.3 Å². The van der Waals surface area contributed by atoms with Gasteiger partial charge in [0, 0.05) is 25.9 Å². The van der Waals surface area contributed by atoms with Gasteiger partial charge in [-0.2, -0.15) is 0 Å². The summed E-state index contributed by atoms with van der Waals surface area (Å²) in [5.74, 6) is 0.666. The number of fused-ring (bicyclic) bond motifs is 2. The average molecular weight is 333 g/mol. The topological polar surface area (TPSA) is 66.1 Å². The molecule has 0 unspecified atom stereocenters. The van der Waals surface area contributed by atoms with Crippen molar-refractivity contribution in [3.63, 3.8) is 0 Å². The van der Waals surface area contributed by atoms with E-state index < -0.39 is 0 Å². The Morgan fingerprint density at radius 1 is 1.08 bits per heavy atom. The number of aryl methyl sites for hydroxylation is 1. The fourth-order valence-electron chi connectivity index (χ4n) is 3.35. The molecule has 2 heterocycles. The number of para-hydroxylation sites is 1. The number of H-pyrrole nitrogens is 1. The smallest absolute Gasteiger partial charge is 0.258 e. The first kappa shape index (κ1) is 15.6. The number of carbonyl (C=O) groups excluding carboxylic acids is 1. The number of aromatic amines is 1. The molecule has 0 bridgehead atoms. The largest absolute Gasteiger partial charge is 0.338 e. The number of hydrogen-bond donors (Lipinski definition) is 1. The first-order valence-corrected chi connectivity index (χ1v) is 8.53. The van der Waals surface area contributed by atoms with E-state index in [0.717, 1.165) is 13.0 Å². The normalized spacial score (nSPS) is 13.7. The van der Waals surface area contributed by atoms with Crippen molar-refractivity contribution in [2.24, 2.45) is 0 Å². The number of hydrogen-bond acceptors (Lipinski definition) is 3. The monoisotopic (exact) mass is 333 g/mol. The predicted octanol–water partition coefficient (Wildman–Crippen LogP) is 2.44. The zero-order valence-corrected chi connectivity index (χ0v) is 13.9. The highest BCUT2D eigenvalue weighted by Crippen LogP contribution is 2.19. The molecule has 0 saturated heterocycles.